The van der Waals surface area contributed by atoms with Crippen LogP contribution in [0, 0.1) is 0 Å². The molecule has 0 atom stereocenters. The maximum Gasteiger partial charge on any atom is 0.317 e. The topological polar surface area (TPSA) is 40.5 Å². The second-order valence-electron chi connectivity index (χ2n) is 5.98. The molecule has 1 aliphatic heterocycles. The summed E-state index contributed by atoms with van der Waals surface area (Å²) < 4.78 is 0. The van der Waals surface area contributed by atoms with Crippen LogP contribution in [0.1, 0.15) is 24.0 Å². The number of nitrogens with zero attached hydrogens (tertiary/aromatic N) is 1. The molecule has 0 aromatic heterocycles. The van der Waals surface area contributed by atoms with Gasteiger partial charge in [0.25, 0.3) is 0 Å². The van der Waals surface area contributed by atoms with E-state index in [1.54, 1.807) is 0 Å². The molecule has 3 rings (SSSR count). The molecular formula is C19H21NO2. The number of hydrogen-bond donors (Lipinski definition) is 1. The smallest absolute Gasteiger partial charge is 0.317 e. The van der Waals surface area contributed by atoms with Crippen LogP contribution < -0.4 is 0 Å². The Bertz CT molecular complexity index is 575. The summed E-state index contributed by atoms with van der Waals surface area (Å²) in [7, 11) is 0. The molecule has 1 aliphatic rings. The predicted octanol–water partition coefficient (Wildman–Crippen LogP) is 3.15. The van der Waals surface area contributed by atoms with Gasteiger partial charge >= 0.3 is 5.97 Å². The first kappa shape index (κ1) is 14.8. The lowest BCUT2D eigenvalue weighted by atomic mass is 9.68. The number of carboxylic acids is 1. The third-order valence-electron chi connectivity index (χ3n) is 4.72. The molecule has 0 bridgehead atoms. The SMILES string of the molecule is O=C(O)CN1CCC(c2ccccc2)(c2ccccc2)CC1. The molecule has 2 aromatic rings. The third kappa shape index (κ3) is 2.90. The zero-order valence-electron chi connectivity index (χ0n) is 12.6. The standard InChI is InChI=1S/C19H21NO2/c21-18(22)15-20-13-11-19(12-14-20,16-7-3-1-4-8-16)17-9-5-2-6-10-17/h1-10H,11-15H2,(H,21,22). The summed E-state index contributed by atoms with van der Waals surface area (Å²) in [6, 6.07) is 21.2. The molecule has 1 N–H and O–H groups in total. The summed E-state index contributed by atoms with van der Waals surface area (Å²) >= 11 is 0. The second-order valence-corrected chi connectivity index (χ2v) is 5.98. The Kier molecular flexibility index (Phi) is 4.25. The Labute approximate surface area is 131 Å². The summed E-state index contributed by atoms with van der Waals surface area (Å²) in [5.41, 5.74) is 2.66. The first-order valence-corrected chi connectivity index (χ1v) is 7.76. The molecule has 114 valence electrons. The van der Waals surface area contributed by atoms with E-state index >= 15 is 0 Å². The molecule has 2 aromatic carbocycles. The lowest BCUT2D eigenvalue weighted by Gasteiger charge is -2.42. The van der Waals surface area contributed by atoms with E-state index in [1.165, 1.54) is 11.1 Å². The number of likely N-dealkylation sites (tertiary alicyclic amines) is 1. The van der Waals surface area contributed by atoms with Crippen LogP contribution in [0.15, 0.2) is 60.7 Å². The molecule has 1 heterocycles. The van der Waals surface area contributed by atoms with Gasteiger partial charge in [0.15, 0.2) is 0 Å². The predicted molar refractivity (Wildman–Crippen MR) is 87.0 cm³/mol. The van der Waals surface area contributed by atoms with E-state index in [9.17, 15) is 4.79 Å². The zero-order chi connectivity index (χ0) is 15.4. The number of hydrogen-bond acceptors (Lipinski definition) is 2. The second kappa shape index (κ2) is 6.32. The molecule has 1 fully saturated rings. The largest absolute Gasteiger partial charge is 0.480 e. The van der Waals surface area contributed by atoms with Crippen molar-refractivity contribution in [2.45, 2.75) is 18.3 Å². The van der Waals surface area contributed by atoms with Crippen LogP contribution in [-0.4, -0.2) is 35.6 Å². The average molecular weight is 295 g/mol. The summed E-state index contributed by atoms with van der Waals surface area (Å²) in [5, 5.41) is 8.99. The molecule has 0 unspecified atom stereocenters. The molecule has 0 amide bonds. The number of carboxylic acid groups (broad SMARTS) is 1. The van der Waals surface area contributed by atoms with Gasteiger partial charge in [-0.2, -0.15) is 0 Å². The van der Waals surface area contributed by atoms with E-state index in [0.717, 1.165) is 25.9 Å². The summed E-state index contributed by atoms with van der Waals surface area (Å²) in [6.07, 6.45) is 1.91. The van der Waals surface area contributed by atoms with E-state index in [-0.39, 0.29) is 12.0 Å². The number of piperidine rings is 1. The highest BCUT2D eigenvalue weighted by molar-refractivity contribution is 5.69. The minimum Gasteiger partial charge on any atom is -0.480 e. The third-order valence-corrected chi connectivity index (χ3v) is 4.72. The maximum absolute atomic E-state index is 10.9. The quantitative estimate of drug-likeness (QED) is 0.942. The zero-order valence-corrected chi connectivity index (χ0v) is 12.6. The van der Waals surface area contributed by atoms with Gasteiger partial charge in [-0.15, -0.1) is 0 Å². The highest BCUT2D eigenvalue weighted by Crippen LogP contribution is 2.41. The van der Waals surface area contributed by atoms with Crippen molar-refractivity contribution >= 4 is 5.97 Å². The van der Waals surface area contributed by atoms with Crippen molar-refractivity contribution < 1.29 is 9.90 Å². The van der Waals surface area contributed by atoms with Crippen molar-refractivity contribution in [2.75, 3.05) is 19.6 Å². The summed E-state index contributed by atoms with van der Waals surface area (Å²) in [5.74, 6) is -0.744. The molecule has 0 saturated carbocycles. The van der Waals surface area contributed by atoms with Crippen molar-refractivity contribution in [1.29, 1.82) is 0 Å². The van der Waals surface area contributed by atoms with Crippen LogP contribution in [0.3, 0.4) is 0 Å². The van der Waals surface area contributed by atoms with Gasteiger partial charge in [-0.1, -0.05) is 60.7 Å². The highest BCUT2D eigenvalue weighted by Gasteiger charge is 2.37. The lowest BCUT2D eigenvalue weighted by Crippen LogP contribution is -2.45. The van der Waals surface area contributed by atoms with Gasteiger partial charge in [-0.3, -0.25) is 9.69 Å². The van der Waals surface area contributed by atoms with Gasteiger partial charge in [0, 0.05) is 5.41 Å². The Hall–Kier alpha value is -2.13. The monoisotopic (exact) mass is 295 g/mol. The van der Waals surface area contributed by atoms with Crippen LogP contribution >= 0.6 is 0 Å². The molecule has 22 heavy (non-hydrogen) atoms. The normalized spacial score (nSPS) is 18.0. The summed E-state index contributed by atoms with van der Waals surface area (Å²) in [6.45, 7) is 1.77. The Balaban J connectivity index is 1.92. The van der Waals surface area contributed by atoms with E-state index in [2.05, 4.69) is 48.5 Å². The summed E-state index contributed by atoms with van der Waals surface area (Å²) in [4.78, 5) is 13.0. The Morgan fingerprint density at radius 1 is 0.909 bits per heavy atom. The molecule has 0 aliphatic carbocycles. The first-order chi connectivity index (χ1) is 10.7. The fourth-order valence-corrected chi connectivity index (χ4v) is 3.54. The molecule has 1 saturated heterocycles. The Morgan fingerprint density at radius 2 is 1.36 bits per heavy atom. The molecule has 3 heteroatoms. The highest BCUT2D eigenvalue weighted by atomic mass is 16.4. The maximum atomic E-state index is 10.9. The van der Waals surface area contributed by atoms with Gasteiger partial charge in [-0.05, 0) is 37.1 Å². The van der Waals surface area contributed by atoms with Crippen LogP contribution in [0.25, 0.3) is 0 Å². The van der Waals surface area contributed by atoms with Crippen molar-refractivity contribution in [3.63, 3.8) is 0 Å². The lowest BCUT2D eigenvalue weighted by molar-refractivity contribution is -0.138. The van der Waals surface area contributed by atoms with Gasteiger partial charge in [0.05, 0.1) is 6.54 Å². The average Bonchev–Trinajstić information content (AvgIpc) is 2.57. The number of benzene rings is 2. The van der Waals surface area contributed by atoms with Gasteiger partial charge in [0.1, 0.15) is 0 Å². The molecular weight excluding hydrogens is 274 g/mol. The Morgan fingerprint density at radius 3 is 1.77 bits per heavy atom. The van der Waals surface area contributed by atoms with Crippen molar-refractivity contribution in [1.82, 2.24) is 4.90 Å². The fraction of sp³-hybridized carbons (Fsp3) is 0.316. The number of rotatable bonds is 4. The van der Waals surface area contributed by atoms with Crippen molar-refractivity contribution in [2.24, 2.45) is 0 Å². The number of carbonyl (C=O) groups is 1. The first-order valence-electron chi connectivity index (χ1n) is 7.76. The van der Waals surface area contributed by atoms with Crippen LogP contribution in [0.2, 0.25) is 0 Å². The minimum atomic E-state index is -0.744. The van der Waals surface area contributed by atoms with Crippen molar-refractivity contribution in [3.8, 4) is 0 Å². The fourth-order valence-electron chi connectivity index (χ4n) is 3.54. The van der Waals surface area contributed by atoms with Gasteiger partial charge in [0.2, 0.25) is 0 Å². The van der Waals surface area contributed by atoms with E-state index in [0.29, 0.717) is 0 Å². The molecule has 0 spiro atoms. The van der Waals surface area contributed by atoms with E-state index < -0.39 is 5.97 Å². The molecule has 0 radical (unpaired) electrons. The van der Waals surface area contributed by atoms with Crippen LogP contribution in [0.4, 0.5) is 0 Å². The van der Waals surface area contributed by atoms with Crippen molar-refractivity contribution in [3.05, 3.63) is 71.8 Å². The van der Waals surface area contributed by atoms with Crippen LogP contribution in [-0.2, 0) is 10.2 Å². The van der Waals surface area contributed by atoms with E-state index in [4.69, 9.17) is 5.11 Å². The molecule has 3 nitrogen and oxygen atoms in total. The van der Waals surface area contributed by atoms with Gasteiger partial charge in [-0.25, -0.2) is 0 Å². The van der Waals surface area contributed by atoms with Gasteiger partial charge < -0.3 is 5.11 Å². The number of aliphatic carboxylic acids is 1. The van der Waals surface area contributed by atoms with E-state index in [1.807, 2.05) is 17.0 Å². The van der Waals surface area contributed by atoms with Crippen LogP contribution in [0.5, 0.6) is 0 Å². The minimum absolute atomic E-state index is 0.00246.